The van der Waals surface area contributed by atoms with Crippen molar-refractivity contribution >= 4 is 0 Å². The van der Waals surface area contributed by atoms with Gasteiger partial charge in [-0.2, -0.15) is 0 Å². The Labute approximate surface area is 93.9 Å². The fourth-order valence-corrected chi connectivity index (χ4v) is 2.23. The molecule has 0 saturated carbocycles. The zero-order chi connectivity index (χ0) is 11.1. The van der Waals surface area contributed by atoms with Gasteiger partial charge >= 0.3 is 0 Å². The molecule has 1 aliphatic rings. The fourth-order valence-electron chi connectivity index (χ4n) is 2.23. The van der Waals surface area contributed by atoms with Crippen molar-refractivity contribution in [3.8, 4) is 0 Å². The molecule has 1 unspecified atom stereocenters. The maximum atomic E-state index is 8.86. The predicted octanol–water partition coefficient (Wildman–Crippen LogP) is 1.08. The van der Waals surface area contributed by atoms with Crippen LogP contribution in [0.25, 0.3) is 0 Å². The fraction of sp³-hybridized carbons (Fsp3) is 1.00. The second-order valence-corrected chi connectivity index (χ2v) is 4.93. The Morgan fingerprint density at radius 3 is 2.93 bits per heavy atom. The van der Waals surface area contributed by atoms with Crippen molar-refractivity contribution in [3.05, 3.63) is 0 Å². The number of aliphatic hydroxyl groups excluding tert-OH is 1. The quantitative estimate of drug-likeness (QED) is 0.623. The molecule has 0 spiro atoms. The SMILES string of the molecule is CC(C)NCCCN1CCC(CCO)C1. The summed E-state index contributed by atoms with van der Waals surface area (Å²) in [7, 11) is 0. The van der Waals surface area contributed by atoms with Crippen molar-refractivity contribution in [2.45, 2.75) is 39.2 Å². The van der Waals surface area contributed by atoms with E-state index in [9.17, 15) is 0 Å². The van der Waals surface area contributed by atoms with E-state index in [0.29, 0.717) is 12.6 Å². The largest absolute Gasteiger partial charge is 0.396 e. The molecule has 1 saturated heterocycles. The molecule has 0 aromatic carbocycles. The molecule has 3 nitrogen and oxygen atoms in total. The number of nitrogens with zero attached hydrogens (tertiary/aromatic N) is 1. The molecule has 1 aliphatic heterocycles. The van der Waals surface area contributed by atoms with Gasteiger partial charge in [0.05, 0.1) is 0 Å². The highest BCUT2D eigenvalue weighted by Gasteiger charge is 2.20. The van der Waals surface area contributed by atoms with Crippen molar-refractivity contribution in [2.75, 3.05) is 32.8 Å². The van der Waals surface area contributed by atoms with Gasteiger partial charge in [0.25, 0.3) is 0 Å². The zero-order valence-corrected chi connectivity index (χ0v) is 10.2. The molecule has 1 fully saturated rings. The molecular weight excluding hydrogens is 188 g/mol. The van der Waals surface area contributed by atoms with Crippen LogP contribution in [0.1, 0.15) is 33.1 Å². The van der Waals surface area contributed by atoms with Crippen LogP contribution in [0.15, 0.2) is 0 Å². The third kappa shape index (κ3) is 5.50. The number of aliphatic hydroxyl groups is 1. The minimum absolute atomic E-state index is 0.355. The smallest absolute Gasteiger partial charge is 0.0434 e. The van der Waals surface area contributed by atoms with E-state index < -0.39 is 0 Å². The molecule has 15 heavy (non-hydrogen) atoms. The standard InChI is InChI=1S/C12H26N2O/c1-11(2)13-6-3-7-14-8-4-12(10-14)5-9-15/h11-13,15H,3-10H2,1-2H3. The number of likely N-dealkylation sites (tertiary alicyclic amines) is 1. The second-order valence-electron chi connectivity index (χ2n) is 4.93. The summed E-state index contributed by atoms with van der Waals surface area (Å²) in [6.45, 7) is 9.49. The molecule has 90 valence electrons. The number of rotatable bonds is 7. The van der Waals surface area contributed by atoms with Crippen LogP contribution in [0.5, 0.6) is 0 Å². The van der Waals surface area contributed by atoms with Gasteiger partial charge in [-0.15, -0.1) is 0 Å². The van der Waals surface area contributed by atoms with E-state index in [-0.39, 0.29) is 0 Å². The predicted molar refractivity (Wildman–Crippen MR) is 64.0 cm³/mol. The van der Waals surface area contributed by atoms with Gasteiger partial charge in [-0.3, -0.25) is 0 Å². The summed E-state index contributed by atoms with van der Waals surface area (Å²) < 4.78 is 0. The Bertz CT molecular complexity index is 162. The van der Waals surface area contributed by atoms with Crippen LogP contribution in [-0.2, 0) is 0 Å². The summed E-state index contributed by atoms with van der Waals surface area (Å²) in [5.41, 5.74) is 0. The van der Waals surface area contributed by atoms with Crippen LogP contribution in [0, 0.1) is 5.92 Å². The Kier molecular flexibility index (Phi) is 6.22. The highest BCUT2D eigenvalue weighted by Crippen LogP contribution is 2.18. The molecule has 2 N–H and O–H groups in total. The van der Waals surface area contributed by atoms with Gasteiger partial charge in [0.1, 0.15) is 0 Å². The van der Waals surface area contributed by atoms with Crippen LogP contribution in [0.3, 0.4) is 0 Å². The van der Waals surface area contributed by atoms with E-state index >= 15 is 0 Å². The summed E-state index contributed by atoms with van der Waals surface area (Å²) >= 11 is 0. The molecule has 1 heterocycles. The Balaban J connectivity index is 1.99. The molecule has 0 bridgehead atoms. The lowest BCUT2D eigenvalue weighted by Gasteiger charge is -2.16. The molecular formula is C12H26N2O. The van der Waals surface area contributed by atoms with Gasteiger partial charge in [-0.25, -0.2) is 0 Å². The highest BCUT2D eigenvalue weighted by molar-refractivity contribution is 4.75. The lowest BCUT2D eigenvalue weighted by atomic mass is 10.1. The van der Waals surface area contributed by atoms with Crippen LogP contribution in [-0.4, -0.2) is 48.8 Å². The molecule has 1 atom stereocenters. The molecule has 0 amide bonds. The first-order valence-electron chi connectivity index (χ1n) is 6.29. The van der Waals surface area contributed by atoms with Gasteiger partial charge in [-0.05, 0) is 44.8 Å². The first kappa shape index (κ1) is 12.9. The average molecular weight is 214 g/mol. The summed E-state index contributed by atoms with van der Waals surface area (Å²) in [4.78, 5) is 2.53. The number of hydrogen-bond acceptors (Lipinski definition) is 3. The summed E-state index contributed by atoms with van der Waals surface area (Å²) in [5.74, 6) is 0.744. The van der Waals surface area contributed by atoms with Gasteiger partial charge in [0, 0.05) is 19.2 Å². The van der Waals surface area contributed by atoms with Gasteiger partial charge in [-0.1, -0.05) is 13.8 Å². The molecule has 0 aliphatic carbocycles. The van der Waals surface area contributed by atoms with E-state index in [1.807, 2.05) is 0 Å². The van der Waals surface area contributed by atoms with E-state index in [0.717, 1.165) is 18.9 Å². The Morgan fingerprint density at radius 2 is 2.27 bits per heavy atom. The van der Waals surface area contributed by atoms with Gasteiger partial charge in [0.15, 0.2) is 0 Å². The van der Waals surface area contributed by atoms with Crippen molar-refractivity contribution < 1.29 is 5.11 Å². The zero-order valence-electron chi connectivity index (χ0n) is 10.2. The Morgan fingerprint density at radius 1 is 1.47 bits per heavy atom. The van der Waals surface area contributed by atoms with Crippen LogP contribution < -0.4 is 5.32 Å². The van der Waals surface area contributed by atoms with Gasteiger partial charge in [0.2, 0.25) is 0 Å². The maximum absolute atomic E-state index is 8.86. The third-order valence-corrected chi connectivity index (χ3v) is 3.11. The van der Waals surface area contributed by atoms with Crippen molar-refractivity contribution in [1.29, 1.82) is 0 Å². The molecule has 0 aromatic rings. The van der Waals surface area contributed by atoms with E-state index in [1.54, 1.807) is 0 Å². The van der Waals surface area contributed by atoms with Crippen molar-refractivity contribution in [1.82, 2.24) is 10.2 Å². The summed E-state index contributed by atoms with van der Waals surface area (Å²) in [5, 5.41) is 12.3. The minimum Gasteiger partial charge on any atom is -0.396 e. The van der Waals surface area contributed by atoms with E-state index in [1.165, 1.54) is 32.5 Å². The normalized spacial score (nSPS) is 22.8. The molecule has 0 radical (unpaired) electrons. The maximum Gasteiger partial charge on any atom is 0.0434 e. The van der Waals surface area contributed by atoms with E-state index in [4.69, 9.17) is 5.11 Å². The monoisotopic (exact) mass is 214 g/mol. The van der Waals surface area contributed by atoms with Gasteiger partial charge < -0.3 is 15.3 Å². The summed E-state index contributed by atoms with van der Waals surface area (Å²) in [6, 6.07) is 0.603. The molecule has 1 rings (SSSR count). The highest BCUT2D eigenvalue weighted by atomic mass is 16.3. The summed E-state index contributed by atoms with van der Waals surface area (Å²) in [6.07, 6.45) is 3.50. The van der Waals surface area contributed by atoms with Crippen molar-refractivity contribution in [3.63, 3.8) is 0 Å². The first-order chi connectivity index (χ1) is 7.22. The topological polar surface area (TPSA) is 35.5 Å². The van der Waals surface area contributed by atoms with Crippen LogP contribution in [0.4, 0.5) is 0 Å². The van der Waals surface area contributed by atoms with Crippen LogP contribution in [0.2, 0.25) is 0 Å². The molecule has 3 heteroatoms. The lowest BCUT2D eigenvalue weighted by molar-refractivity contribution is 0.250. The minimum atomic E-state index is 0.355. The average Bonchev–Trinajstić information content (AvgIpc) is 2.61. The Hall–Kier alpha value is -0.120. The second kappa shape index (κ2) is 7.20. The van der Waals surface area contributed by atoms with Crippen LogP contribution >= 0.6 is 0 Å². The number of nitrogens with one attached hydrogen (secondary N) is 1. The lowest BCUT2D eigenvalue weighted by Crippen LogP contribution is -2.28. The molecule has 0 aromatic heterocycles. The van der Waals surface area contributed by atoms with Crippen molar-refractivity contribution in [2.24, 2.45) is 5.92 Å². The number of hydrogen-bond donors (Lipinski definition) is 2. The first-order valence-corrected chi connectivity index (χ1v) is 6.29. The third-order valence-electron chi connectivity index (χ3n) is 3.11. The van der Waals surface area contributed by atoms with E-state index in [2.05, 4.69) is 24.1 Å².